The predicted octanol–water partition coefficient (Wildman–Crippen LogP) is 1.79. The molecular weight excluding hydrogens is 228 g/mol. The highest BCUT2D eigenvalue weighted by molar-refractivity contribution is 5.06. The minimum Gasteiger partial charge on any atom is -0.462 e. The molecule has 0 saturated heterocycles. The Bertz CT molecular complexity index is 334. The van der Waals surface area contributed by atoms with Crippen LogP contribution in [0.3, 0.4) is 0 Å². The number of hydrogen-bond donors (Lipinski definition) is 1. The van der Waals surface area contributed by atoms with Crippen molar-refractivity contribution < 1.29 is 9.52 Å². The zero-order valence-corrected chi connectivity index (χ0v) is 12.0. The molecule has 0 spiro atoms. The molecule has 0 aromatic carbocycles. The fourth-order valence-corrected chi connectivity index (χ4v) is 1.91. The molecule has 4 heteroatoms. The Morgan fingerprint density at radius 1 is 1.17 bits per heavy atom. The summed E-state index contributed by atoms with van der Waals surface area (Å²) in [5.74, 6) is 2.21. The van der Waals surface area contributed by atoms with Gasteiger partial charge in [0.25, 0.3) is 0 Å². The highest BCUT2D eigenvalue weighted by Crippen LogP contribution is 2.12. The molecule has 104 valence electrons. The van der Waals surface area contributed by atoms with Gasteiger partial charge in [-0.1, -0.05) is 13.8 Å². The third-order valence-electron chi connectivity index (χ3n) is 2.74. The van der Waals surface area contributed by atoms with Crippen LogP contribution in [0.5, 0.6) is 0 Å². The van der Waals surface area contributed by atoms with Gasteiger partial charge in [0.1, 0.15) is 18.1 Å². The number of aliphatic hydroxyl groups excluding tert-OH is 1. The van der Waals surface area contributed by atoms with Crippen molar-refractivity contribution in [2.45, 2.75) is 27.0 Å². The maximum Gasteiger partial charge on any atom is 0.129 e. The van der Waals surface area contributed by atoms with E-state index in [1.807, 2.05) is 12.1 Å². The van der Waals surface area contributed by atoms with Gasteiger partial charge < -0.3 is 14.4 Å². The smallest absolute Gasteiger partial charge is 0.129 e. The van der Waals surface area contributed by atoms with Crippen LogP contribution in [0, 0.1) is 5.92 Å². The van der Waals surface area contributed by atoms with E-state index in [0.717, 1.165) is 31.9 Å². The monoisotopic (exact) mass is 254 g/mol. The van der Waals surface area contributed by atoms with Gasteiger partial charge in [0, 0.05) is 19.6 Å². The van der Waals surface area contributed by atoms with Crippen LogP contribution in [0.1, 0.15) is 25.4 Å². The van der Waals surface area contributed by atoms with Gasteiger partial charge in [-0.15, -0.1) is 0 Å². The number of likely N-dealkylation sites (N-methyl/N-ethyl adjacent to an activating group) is 1. The Kier molecular flexibility index (Phi) is 6.39. The molecule has 0 fully saturated rings. The zero-order valence-electron chi connectivity index (χ0n) is 12.0. The van der Waals surface area contributed by atoms with Crippen molar-refractivity contribution in [3.8, 4) is 0 Å². The third-order valence-corrected chi connectivity index (χ3v) is 2.74. The molecule has 1 rings (SSSR count). The molecule has 0 aliphatic heterocycles. The number of hydrogen-bond acceptors (Lipinski definition) is 4. The SMILES string of the molecule is CC(C)CN(CCN(C)C)Cc1ccc(CO)o1. The van der Waals surface area contributed by atoms with Crippen molar-refractivity contribution >= 4 is 0 Å². The second-order valence-electron chi connectivity index (χ2n) is 5.46. The lowest BCUT2D eigenvalue weighted by molar-refractivity contribution is 0.190. The van der Waals surface area contributed by atoms with E-state index in [1.54, 1.807) is 0 Å². The summed E-state index contributed by atoms with van der Waals surface area (Å²) in [6.45, 7) is 8.37. The van der Waals surface area contributed by atoms with E-state index >= 15 is 0 Å². The molecular formula is C14H26N2O2. The minimum absolute atomic E-state index is 0.0259. The molecule has 0 amide bonds. The summed E-state index contributed by atoms with van der Waals surface area (Å²) in [5.41, 5.74) is 0. The highest BCUT2D eigenvalue weighted by atomic mass is 16.4. The van der Waals surface area contributed by atoms with Crippen LogP contribution < -0.4 is 0 Å². The first-order chi connectivity index (χ1) is 8.51. The molecule has 0 unspecified atom stereocenters. The summed E-state index contributed by atoms with van der Waals surface area (Å²) in [5, 5.41) is 8.99. The number of aliphatic hydroxyl groups is 1. The van der Waals surface area contributed by atoms with Gasteiger partial charge in [0.2, 0.25) is 0 Å². The average molecular weight is 254 g/mol. The Labute approximate surface area is 110 Å². The van der Waals surface area contributed by atoms with Crippen LogP contribution >= 0.6 is 0 Å². The van der Waals surface area contributed by atoms with Crippen molar-refractivity contribution in [1.82, 2.24) is 9.80 Å². The van der Waals surface area contributed by atoms with Crippen LogP contribution in [0.15, 0.2) is 16.5 Å². The van der Waals surface area contributed by atoms with Crippen molar-refractivity contribution in [3.05, 3.63) is 23.7 Å². The van der Waals surface area contributed by atoms with Gasteiger partial charge in [-0.25, -0.2) is 0 Å². The molecule has 0 radical (unpaired) electrons. The van der Waals surface area contributed by atoms with Crippen LogP contribution in [-0.4, -0.2) is 48.6 Å². The standard InChI is InChI=1S/C14H26N2O2/c1-12(2)9-16(8-7-15(3)4)10-13-5-6-14(11-17)18-13/h5-6,12,17H,7-11H2,1-4H3. The lowest BCUT2D eigenvalue weighted by atomic mass is 10.2. The molecule has 0 atom stereocenters. The summed E-state index contributed by atoms with van der Waals surface area (Å²) in [4.78, 5) is 4.58. The highest BCUT2D eigenvalue weighted by Gasteiger charge is 2.11. The van der Waals surface area contributed by atoms with Gasteiger partial charge in [-0.05, 0) is 32.1 Å². The molecule has 0 aliphatic rings. The first kappa shape index (κ1) is 15.2. The van der Waals surface area contributed by atoms with Gasteiger partial charge in [-0.2, -0.15) is 0 Å². The normalized spacial score (nSPS) is 12.0. The van der Waals surface area contributed by atoms with E-state index in [2.05, 4.69) is 37.7 Å². The van der Waals surface area contributed by atoms with E-state index in [9.17, 15) is 0 Å². The largest absolute Gasteiger partial charge is 0.462 e. The lowest BCUT2D eigenvalue weighted by Crippen LogP contribution is -2.33. The molecule has 0 aliphatic carbocycles. The van der Waals surface area contributed by atoms with E-state index in [4.69, 9.17) is 9.52 Å². The van der Waals surface area contributed by atoms with Gasteiger partial charge >= 0.3 is 0 Å². The lowest BCUT2D eigenvalue weighted by Gasteiger charge is -2.24. The Hall–Kier alpha value is -0.840. The Balaban J connectivity index is 2.53. The summed E-state index contributed by atoms with van der Waals surface area (Å²) in [6, 6.07) is 3.80. The molecule has 0 bridgehead atoms. The summed E-state index contributed by atoms with van der Waals surface area (Å²) >= 11 is 0. The molecule has 1 aromatic rings. The molecule has 18 heavy (non-hydrogen) atoms. The molecule has 0 saturated carbocycles. The Morgan fingerprint density at radius 3 is 2.33 bits per heavy atom. The van der Waals surface area contributed by atoms with E-state index in [0.29, 0.717) is 11.7 Å². The van der Waals surface area contributed by atoms with Gasteiger partial charge in [0.05, 0.1) is 6.54 Å². The Morgan fingerprint density at radius 2 is 1.83 bits per heavy atom. The van der Waals surface area contributed by atoms with Crippen molar-refractivity contribution in [2.24, 2.45) is 5.92 Å². The van der Waals surface area contributed by atoms with Gasteiger partial charge in [0.15, 0.2) is 0 Å². The minimum atomic E-state index is -0.0259. The maximum absolute atomic E-state index is 8.99. The number of nitrogens with zero attached hydrogens (tertiary/aromatic N) is 2. The summed E-state index contributed by atoms with van der Waals surface area (Å²) in [6.07, 6.45) is 0. The van der Waals surface area contributed by atoms with Crippen molar-refractivity contribution in [1.29, 1.82) is 0 Å². The fraction of sp³-hybridized carbons (Fsp3) is 0.714. The first-order valence-corrected chi connectivity index (χ1v) is 6.56. The number of furan rings is 1. The van der Waals surface area contributed by atoms with Crippen LogP contribution in [0.2, 0.25) is 0 Å². The second kappa shape index (κ2) is 7.56. The molecule has 1 heterocycles. The van der Waals surface area contributed by atoms with Crippen molar-refractivity contribution in [3.63, 3.8) is 0 Å². The third kappa shape index (κ3) is 5.67. The average Bonchev–Trinajstić information content (AvgIpc) is 2.73. The molecule has 4 nitrogen and oxygen atoms in total. The van der Waals surface area contributed by atoms with E-state index in [1.165, 1.54) is 0 Å². The molecule has 1 N–H and O–H groups in total. The van der Waals surface area contributed by atoms with Crippen LogP contribution in [-0.2, 0) is 13.2 Å². The van der Waals surface area contributed by atoms with E-state index in [-0.39, 0.29) is 6.61 Å². The quantitative estimate of drug-likeness (QED) is 0.768. The predicted molar refractivity (Wildman–Crippen MR) is 73.3 cm³/mol. The van der Waals surface area contributed by atoms with E-state index < -0.39 is 0 Å². The zero-order chi connectivity index (χ0) is 13.5. The second-order valence-corrected chi connectivity index (χ2v) is 5.46. The number of rotatable bonds is 8. The van der Waals surface area contributed by atoms with Crippen LogP contribution in [0.4, 0.5) is 0 Å². The maximum atomic E-state index is 8.99. The topological polar surface area (TPSA) is 39.9 Å². The fourth-order valence-electron chi connectivity index (χ4n) is 1.91. The van der Waals surface area contributed by atoms with Crippen LogP contribution in [0.25, 0.3) is 0 Å². The van der Waals surface area contributed by atoms with Crippen molar-refractivity contribution in [2.75, 3.05) is 33.7 Å². The molecule has 1 aromatic heterocycles. The summed E-state index contributed by atoms with van der Waals surface area (Å²) in [7, 11) is 4.18. The summed E-state index contributed by atoms with van der Waals surface area (Å²) < 4.78 is 5.55. The van der Waals surface area contributed by atoms with Gasteiger partial charge in [-0.3, -0.25) is 4.90 Å². The first-order valence-electron chi connectivity index (χ1n) is 6.56.